The van der Waals surface area contributed by atoms with E-state index in [-0.39, 0.29) is 18.1 Å². The molecule has 0 aromatic rings. The quantitative estimate of drug-likeness (QED) is 0.318. The molecule has 0 spiro atoms. The molecule has 0 radical (unpaired) electrons. The minimum atomic E-state index is -0.389. The highest BCUT2D eigenvalue weighted by Gasteiger charge is 2.43. The van der Waals surface area contributed by atoms with Crippen molar-refractivity contribution in [3.8, 4) is 0 Å². The minimum Gasteiger partial charge on any atom is -0.392 e. The van der Waals surface area contributed by atoms with Crippen molar-refractivity contribution in [1.82, 2.24) is 4.90 Å². The molecule has 0 unspecified atom stereocenters. The lowest BCUT2D eigenvalue weighted by molar-refractivity contribution is 0.0978. The van der Waals surface area contributed by atoms with Gasteiger partial charge >= 0.3 is 0 Å². The minimum absolute atomic E-state index is 0.180. The Bertz CT molecular complexity index is 569. The van der Waals surface area contributed by atoms with Gasteiger partial charge in [0.1, 0.15) is 0 Å². The average molecular weight is 434 g/mol. The molecule has 2 fully saturated rings. The Hall–Kier alpha value is -0.680. The van der Waals surface area contributed by atoms with Crippen LogP contribution in [0, 0.1) is 23.7 Å². The fourth-order valence-electron chi connectivity index (χ4n) is 5.89. The summed E-state index contributed by atoms with van der Waals surface area (Å²) in [4.78, 5) is 2.53. The smallest absolute Gasteiger partial charge is 0.0723 e. The Balaban J connectivity index is 1.35. The first-order valence-electron chi connectivity index (χ1n) is 13.1. The van der Waals surface area contributed by atoms with Gasteiger partial charge in [0.15, 0.2) is 0 Å². The highest BCUT2D eigenvalue weighted by Crippen LogP contribution is 2.48. The van der Waals surface area contributed by atoms with Crippen molar-refractivity contribution >= 4 is 0 Å². The van der Waals surface area contributed by atoms with Crippen molar-refractivity contribution in [3.05, 3.63) is 23.8 Å². The number of aliphatic hydroxyl groups excluding tert-OH is 2. The fraction of sp³-hybridized carbons (Fsp3) is 0.852. The van der Waals surface area contributed by atoms with Gasteiger partial charge in [-0.1, -0.05) is 63.3 Å². The van der Waals surface area contributed by atoms with Crippen molar-refractivity contribution in [2.45, 2.75) is 90.3 Å². The zero-order valence-corrected chi connectivity index (χ0v) is 20.1. The number of aliphatic hydroxyl groups is 2. The molecule has 0 aromatic carbocycles. The summed E-state index contributed by atoms with van der Waals surface area (Å²) in [7, 11) is 0. The molecule has 178 valence electrons. The molecule has 2 N–H and O–H groups in total. The summed E-state index contributed by atoms with van der Waals surface area (Å²) in [6.07, 6.45) is 17.3. The van der Waals surface area contributed by atoms with Crippen LogP contribution in [0.4, 0.5) is 0 Å². The predicted octanol–water partition coefficient (Wildman–Crippen LogP) is 4.96. The van der Waals surface area contributed by atoms with E-state index in [1.54, 1.807) is 0 Å². The number of hydrogen-bond donors (Lipinski definition) is 2. The highest BCUT2D eigenvalue weighted by atomic mass is 16.5. The van der Waals surface area contributed by atoms with E-state index in [0.717, 1.165) is 45.4 Å². The van der Waals surface area contributed by atoms with Crippen LogP contribution in [0.15, 0.2) is 23.8 Å². The highest BCUT2D eigenvalue weighted by molar-refractivity contribution is 5.21. The van der Waals surface area contributed by atoms with Crippen LogP contribution in [0.5, 0.6) is 0 Å². The lowest BCUT2D eigenvalue weighted by atomic mass is 9.88. The molecule has 4 nitrogen and oxygen atoms in total. The third-order valence-electron chi connectivity index (χ3n) is 7.77. The Morgan fingerprint density at radius 1 is 1.23 bits per heavy atom. The number of hydrogen-bond acceptors (Lipinski definition) is 4. The van der Waals surface area contributed by atoms with Gasteiger partial charge in [0.25, 0.3) is 0 Å². The van der Waals surface area contributed by atoms with Crippen molar-refractivity contribution in [2.75, 3.05) is 32.8 Å². The molecule has 3 rings (SSSR count). The van der Waals surface area contributed by atoms with E-state index in [9.17, 15) is 10.2 Å². The van der Waals surface area contributed by atoms with Crippen molar-refractivity contribution in [2.24, 2.45) is 23.7 Å². The molecule has 6 atom stereocenters. The predicted molar refractivity (Wildman–Crippen MR) is 128 cm³/mol. The van der Waals surface area contributed by atoms with Crippen LogP contribution in [-0.4, -0.2) is 60.2 Å². The zero-order valence-electron chi connectivity index (χ0n) is 20.1. The van der Waals surface area contributed by atoms with Gasteiger partial charge in [-0.15, -0.1) is 0 Å². The molecule has 0 amide bonds. The Morgan fingerprint density at radius 3 is 2.81 bits per heavy atom. The average Bonchev–Trinajstić information content (AvgIpc) is 3.27. The third-order valence-corrected chi connectivity index (χ3v) is 7.77. The summed E-state index contributed by atoms with van der Waals surface area (Å²) < 4.78 is 5.93. The maximum atomic E-state index is 10.6. The summed E-state index contributed by atoms with van der Waals surface area (Å²) in [5.41, 5.74) is 1.51. The van der Waals surface area contributed by atoms with Crippen LogP contribution in [0.25, 0.3) is 0 Å². The van der Waals surface area contributed by atoms with E-state index in [0.29, 0.717) is 17.8 Å². The number of rotatable bonds is 13. The normalized spacial score (nSPS) is 31.2. The van der Waals surface area contributed by atoms with E-state index >= 15 is 0 Å². The van der Waals surface area contributed by atoms with Gasteiger partial charge in [0.2, 0.25) is 0 Å². The molecule has 31 heavy (non-hydrogen) atoms. The van der Waals surface area contributed by atoms with Gasteiger partial charge in [-0.3, -0.25) is 0 Å². The SMILES string of the molecule is CCCC[C@H](C)C[C@H](O)C=C[C@@H]1[C@H]2CC(CCOCCN3CCCCC3)=C[C@H]2C[C@H]1O. The zero-order chi connectivity index (χ0) is 22.1. The summed E-state index contributed by atoms with van der Waals surface area (Å²) >= 11 is 0. The second-order valence-corrected chi connectivity index (χ2v) is 10.4. The molecule has 0 bridgehead atoms. The molecular weight excluding hydrogens is 386 g/mol. The van der Waals surface area contributed by atoms with Crippen LogP contribution in [-0.2, 0) is 4.74 Å². The first-order valence-corrected chi connectivity index (χ1v) is 13.1. The lowest BCUT2D eigenvalue weighted by Gasteiger charge is -2.26. The third kappa shape index (κ3) is 7.99. The Kier molecular flexibility index (Phi) is 10.6. The maximum Gasteiger partial charge on any atom is 0.0723 e. The van der Waals surface area contributed by atoms with E-state index in [2.05, 4.69) is 30.9 Å². The standard InChI is InChI=1S/C27H47NO3/c1-3-4-8-21(2)17-24(29)9-10-25-26-19-22(18-23(26)20-27(25)30)11-15-31-16-14-28-12-6-5-7-13-28/h9-10,18,21,23-27,29-30H,3-8,11-17,19-20H2,1-2H3/t21-,23-,24+,25+,26-,27+/m0/s1. The maximum absolute atomic E-state index is 10.6. The monoisotopic (exact) mass is 433 g/mol. The van der Waals surface area contributed by atoms with Crippen molar-refractivity contribution < 1.29 is 14.9 Å². The fourth-order valence-corrected chi connectivity index (χ4v) is 5.89. The Labute approximate surface area is 190 Å². The Morgan fingerprint density at radius 2 is 2.03 bits per heavy atom. The van der Waals surface area contributed by atoms with E-state index in [1.807, 2.05) is 6.08 Å². The molecule has 0 aromatic heterocycles. The second kappa shape index (κ2) is 13.1. The van der Waals surface area contributed by atoms with Crippen LogP contribution in [0.1, 0.15) is 78.1 Å². The van der Waals surface area contributed by atoms with E-state index in [4.69, 9.17) is 4.74 Å². The van der Waals surface area contributed by atoms with E-state index < -0.39 is 0 Å². The molecule has 1 aliphatic heterocycles. The second-order valence-electron chi connectivity index (χ2n) is 10.4. The van der Waals surface area contributed by atoms with Gasteiger partial charge in [0, 0.05) is 12.5 Å². The number of fused-ring (bicyclic) bond motifs is 1. The number of likely N-dealkylation sites (tertiary alicyclic amines) is 1. The van der Waals surface area contributed by atoms with Gasteiger partial charge in [-0.2, -0.15) is 0 Å². The van der Waals surface area contributed by atoms with Crippen molar-refractivity contribution in [1.29, 1.82) is 0 Å². The first-order chi connectivity index (χ1) is 15.1. The molecule has 2 aliphatic carbocycles. The number of piperidine rings is 1. The number of allylic oxidation sites excluding steroid dienone is 1. The number of nitrogens with zero attached hydrogens (tertiary/aromatic N) is 1. The molecule has 1 heterocycles. The molecule has 1 saturated heterocycles. The first kappa shape index (κ1) is 25.0. The largest absolute Gasteiger partial charge is 0.392 e. The number of ether oxygens (including phenoxy) is 1. The van der Waals surface area contributed by atoms with Crippen LogP contribution >= 0.6 is 0 Å². The van der Waals surface area contributed by atoms with Crippen LogP contribution < -0.4 is 0 Å². The van der Waals surface area contributed by atoms with Gasteiger partial charge in [0.05, 0.1) is 25.4 Å². The van der Waals surface area contributed by atoms with Crippen LogP contribution in [0.3, 0.4) is 0 Å². The van der Waals surface area contributed by atoms with Crippen LogP contribution in [0.2, 0.25) is 0 Å². The molecule has 3 aliphatic rings. The van der Waals surface area contributed by atoms with E-state index in [1.165, 1.54) is 57.2 Å². The molecule has 4 heteroatoms. The van der Waals surface area contributed by atoms with Gasteiger partial charge in [-0.25, -0.2) is 0 Å². The van der Waals surface area contributed by atoms with Crippen molar-refractivity contribution in [3.63, 3.8) is 0 Å². The summed E-state index contributed by atoms with van der Waals surface area (Å²) in [5.74, 6) is 1.72. The van der Waals surface area contributed by atoms with Gasteiger partial charge < -0.3 is 19.8 Å². The summed E-state index contributed by atoms with van der Waals surface area (Å²) in [6.45, 7) is 9.66. The summed E-state index contributed by atoms with van der Waals surface area (Å²) in [6, 6.07) is 0. The number of unbranched alkanes of at least 4 members (excludes halogenated alkanes) is 1. The van der Waals surface area contributed by atoms with Gasteiger partial charge in [-0.05, 0) is 69.4 Å². The molecule has 1 saturated carbocycles. The summed E-state index contributed by atoms with van der Waals surface area (Å²) in [5, 5.41) is 21.0. The molecular formula is C27H47NO3. The topological polar surface area (TPSA) is 52.9 Å². The lowest BCUT2D eigenvalue weighted by Crippen LogP contribution is -2.32.